The number of rotatable bonds is 4. The average molecular weight is 247 g/mol. The molecule has 0 spiro atoms. The number of aryl methyl sites for hydroxylation is 1. The second-order valence-electron chi connectivity index (χ2n) is 4.35. The molecule has 2 rings (SSSR count). The molecule has 1 aromatic rings. The van der Waals surface area contributed by atoms with Gasteiger partial charge in [-0.2, -0.15) is 0 Å². The van der Waals surface area contributed by atoms with Gasteiger partial charge in [0, 0.05) is 22.8 Å². The maximum Gasteiger partial charge on any atom is 0.247 e. The molecule has 1 N–H and O–H groups in total. The van der Waals surface area contributed by atoms with Gasteiger partial charge in [-0.3, -0.25) is 4.79 Å². The van der Waals surface area contributed by atoms with Crippen LogP contribution in [0.25, 0.3) is 0 Å². The Morgan fingerprint density at radius 1 is 1.24 bits per heavy atom. The predicted octanol–water partition coefficient (Wildman–Crippen LogP) is 2.92. The third kappa shape index (κ3) is 3.13. The standard InChI is InChI=1S/C14H17NOS/c1-10-3-5-12(6-4-10)17-8-7-13-11(2)9-15-14(13)16/h3-6H,7-9H2,1-2H3,(H,15,16). The number of hydrogen-bond donors (Lipinski definition) is 1. The van der Waals surface area contributed by atoms with E-state index in [0.717, 1.165) is 24.3 Å². The topological polar surface area (TPSA) is 29.1 Å². The summed E-state index contributed by atoms with van der Waals surface area (Å²) in [5.41, 5.74) is 3.45. The van der Waals surface area contributed by atoms with Gasteiger partial charge in [0.1, 0.15) is 0 Å². The molecule has 1 aromatic carbocycles. The van der Waals surface area contributed by atoms with Gasteiger partial charge in [0.25, 0.3) is 0 Å². The molecule has 0 saturated heterocycles. The van der Waals surface area contributed by atoms with Crippen LogP contribution in [0.4, 0.5) is 0 Å². The monoisotopic (exact) mass is 247 g/mol. The molecule has 1 heterocycles. The van der Waals surface area contributed by atoms with Crippen molar-refractivity contribution in [3.8, 4) is 0 Å². The second kappa shape index (κ2) is 5.41. The van der Waals surface area contributed by atoms with E-state index in [1.165, 1.54) is 16.0 Å². The summed E-state index contributed by atoms with van der Waals surface area (Å²) in [7, 11) is 0. The van der Waals surface area contributed by atoms with E-state index in [2.05, 4.69) is 36.5 Å². The molecule has 3 heteroatoms. The average Bonchev–Trinajstić information content (AvgIpc) is 2.63. The molecule has 0 aliphatic carbocycles. The molecule has 1 aliphatic rings. The van der Waals surface area contributed by atoms with Crippen molar-refractivity contribution in [2.45, 2.75) is 25.2 Å². The number of amides is 1. The highest BCUT2D eigenvalue weighted by atomic mass is 32.2. The van der Waals surface area contributed by atoms with Gasteiger partial charge in [-0.05, 0) is 38.0 Å². The Bertz CT molecular complexity index is 448. The van der Waals surface area contributed by atoms with Gasteiger partial charge in [-0.15, -0.1) is 11.8 Å². The van der Waals surface area contributed by atoms with Crippen LogP contribution < -0.4 is 5.32 Å². The van der Waals surface area contributed by atoms with E-state index in [4.69, 9.17) is 0 Å². The molecule has 0 radical (unpaired) electrons. The molecule has 0 unspecified atom stereocenters. The first-order valence-electron chi connectivity index (χ1n) is 5.83. The minimum absolute atomic E-state index is 0.118. The highest BCUT2D eigenvalue weighted by molar-refractivity contribution is 7.99. The van der Waals surface area contributed by atoms with E-state index in [9.17, 15) is 4.79 Å². The SMILES string of the molecule is CC1=C(CCSc2ccc(C)cc2)C(=O)NC1. The zero-order valence-corrected chi connectivity index (χ0v) is 11.1. The van der Waals surface area contributed by atoms with E-state index in [1.54, 1.807) is 11.8 Å². The van der Waals surface area contributed by atoms with Crippen LogP contribution in [-0.2, 0) is 4.79 Å². The Hall–Kier alpha value is -1.22. The van der Waals surface area contributed by atoms with Crippen molar-refractivity contribution >= 4 is 17.7 Å². The first-order chi connectivity index (χ1) is 8.16. The highest BCUT2D eigenvalue weighted by Crippen LogP contribution is 2.23. The lowest BCUT2D eigenvalue weighted by Gasteiger charge is -2.03. The van der Waals surface area contributed by atoms with Crippen LogP contribution in [0.5, 0.6) is 0 Å². The minimum Gasteiger partial charge on any atom is -0.349 e. The van der Waals surface area contributed by atoms with Crippen LogP contribution in [-0.4, -0.2) is 18.2 Å². The van der Waals surface area contributed by atoms with Crippen LogP contribution >= 0.6 is 11.8 Å². The van der Waals surface area contributed by atoms with Crippen molar-refractivity contribution in [3.63, 3.8) is 0 Å². The summed E-state index contributed by atoms with van der Waals surface area (Å²) in [4.78, 5) is 12.8. The fraction of sp³-hybridized carbons (Fsp3) is 0.357. The Labute approximate surface area is 106 Å². The summed E-state index contributed by atoms with van der Waals surface area (Å²) in [5.74, 6) is 1.08. The molecular formula is C14H17NOS. The van der Waals surface area contributed by atoms with E-state index < -0.39 is 0 Å². The molecule has 17 heavy (non-hydrogen) atoms. The van der Waals surface area contributed by atoms with Crippen LogP contribution in [0.3, 0.4) is 0 Å². The van der Waals surface area contributed by atoms with Gasteiger partial charge in [0.15, 0.2) is 0 Å². The fourth-order valence-corrected chi connectivity index (χ4v) is 2.72. The number of nitrogens with one attached hydrogen (secondary N) is 1. The maximum atomic E-state index is 11.5. The van der Waals surface area contributed by atoms with E-state index >= 15 is 0 Å². The zero-order valence-electron chi connectivity index (χ0n) is 10.2. The van der Waals surface area contributed by atoms with Crippen LogP contribution in [0.15, 0.2) is 40.3 Å². The second-order valence-corrected chi connectivity index (χ2v) is 5.52. The molecule has 1 amide bonds. The van der Waals surface area contributed by atoms with Crippen molar-refractivity contribution in [3.05, 3.63) is 41.0 Å². The molecule has 0 atom stereocenters. The van der Waals surface area contributed by atoms with Gasteiger partial charge < -0.3 is 5.32 Å². The van der Waals surface area contributed by atoms with E-state index in [-0.39, 0.29) is 5.91 Å². The van der Waals surface area contributed by atoms with Crippen molar-refractivity contribution in [2.75, 3.05) is 12.3 Å². The molecule has 0 bridgehead atoms. The van der Waals surface area contributed by atoms with Gasteiger partial charge in [-0.1, -0.05) is 17.7 Å². The largest absolute Gasteiger partial charge is 0.349 e. The van der Waals surface area contributed by atoms with Gasteiger partial charge >= 0.3 is 0 Å². The lowest BCUT2D eigenvalue weighted by atomic mass is 10.1. The molecule has 2 nitrogen and oxygen atoms in total. The zero-order chi connectivity index (χ0) is 12.3. The summed E-state index contributed by atoms with van der Waals surface area (Å²) in [6.45, 7) is 4.85. The molecule has 0 saturated carbocycles. The number of thioether (sulfide) groups is 1. The van der Waals surface area contributed by atoms with Gasteiger partial charge in [0.05, 0.1) is 0 Å². The summed E-state index contributed by atoms with van der Waals surface area (Å²) in [5, 5.41) is 2.85. The van der Waals surface area contributed by atoms with Crippen molar-refractivity contribution < 1.29 is 4.79 Å². The Morgan fingerprint density at radius 3 is 2.53 bits per heavy atom. The maximum absolute atomic E-state index is 11.5. The number of carbonyl (C=O) groups is 1. The predicted molar refractivity (Wildman–Crippen MR) is 72.2 cm³/mol. The summed E-state index contributed by atoms with van der Waals surface area (Å²) >= 11 is 1.81. The Kier molecular flexibility index (Phi) is 3.89. The van der Waals surface area contributed by atoms with E-state index in [1.807, 2.05) is 6.92 Å². The number of carbonyl (C=O) groups excluding carboxylic acids is 1. The molecule has 90 valence electrons. The van der Waals surface area contributed by atoms with Gasteiger partial charge in [-0.25, -0.2) is 0 Å². The third-order valence-electron chi connectivity index (χ3n) is 2.95. The van der Waals surface area contributed by atoms with E-state index in [0.29, 0.717) is 0 Å². The molecular weight excluding hydrogens is 230 g/mol. The van der Waals surface area contributed by atoms with Crippen molar-refractivity contribution in [1.82, 2.24) is 5.32 Å². The van der Waals surface area contributed by atoms with Crippen LogP contribution in [0.2, 0.25) is 0 Å². The fourth-order valence-electron chi connectivity index (χ4n) is 1.85. The molecule has 1 aliphatic heterocycles. The first-order valence-corrected chi connectivity index (χ1v) is 6.81. The Balaban J connectivity index is 1.86. The molecule has 0 aromatic heterocycles. The summed E-state index contributed by atoms with van der Waals surface area (Å²) < 4.78 is 0. The lowest BCUT2D eigenvalue weighted by Crippen LogP contribution is -2.17. The van der Waals surface area contributed by atoms with Crippen molar-refractivity contribution in [1.29, 1.82) is 0 Å². The quantitative estimate of drug-likeness (QED) is 0.829. The normalized spacial score (nSPS) is 15.3. The summed E-state index contributed by atoms with van der Waals surface area (Å²) in [6, 6.07) is 8.51. The first kappa shape index (κ1) is 12.2. The third-order valence-corrected chi connectivity index (χ3v) is 3.96. The Morgan fingerprint density at radius 2 is 1.94 bits per heavy atom. The van der Waals surface area contributed by atoms with Crippen molar-refractivity contribution in [2.24, 2.45) is 0 Å². The number of hydrogen-bond acceptors (Lipinski definition) is 2. The highest BCUT2D eigenvalue weighted by Gasteiger charge is 2.18. The summed E-state index contributed by atoms with van der Waals surface area (Å²) in [6.07, 6.45) is 0.857. The van der Waals surface area contributed by atoms with Crippen LogP contribution in [0, 0.1) is 6.92 Å². The van der Waals surface area contributed by atoms with Crippen LogP contribution in [0.1, 0.15) is 18.9 Å². The smallest absolute Gasteiger partial charge is 0.247 e. The number of benzene rings is 1. The van der Waals surface area contributed by atoms with Gasteiger partial charge in [0.2, 0.25) is 5.91 Å². The minimum atomic E-state index is 0.118. The lowest BCUT2D eigenvalue weighted by molar-refractivity contribution is -0.116. The molecule has 0 fully saturated rings.